The van der Waals surface area contributed by atoms with E-state index in [9.17, 15) is 9.90 Å². The number of anilines is 1. The molecule has 5 rings (SSSR count). The number of aromatic nitrogens is 2. The molecule has 1 aromatic heterocycles. The molecule has 7 nitrogen and oxygen atoms in total. The molecule has 7 heteroatoms. The molecule has 0 aliphatic carbocycles. The minimum atomic E-state index is -0.548. The van der Waals surface area contributed by atoms with E-state index in [4.69, 9.17) is 4.74 Å². The van der Waals surface area contributed by atoms with Crippen molar-refractivity contribution in [1.82, 2.24) is 14.9 Å². The Morgan fingerprint density at radius 3 is 2.58 bits per heavy atom. The first-order valence-corrected chi connectivity index (χ1v) is 11.3. The topological polar surface area (TPSA) is 78.8 Å². The minimum absolute atomic E-state index is 0.258. The monoisotopic (exact) mass is 422 g/mol. The molecule has 0 saturated carbocycles. The third-order valence-corrected chi connectivity index (χ3v) is 7.61. The molecule has 1 spiro atoms. The SMILES string of the molecule is Cc1c([C@@H](O)CN2CCC3(CC2)CCN(c2cnccn2)CC3)ccc2c1COC2=O. The number of hydrogen-bond acceptors (Lipinski definition) is 7. The smallest absolute Gasteiger partial charge is 0.338 e. The molecule has 0 unspecified atom stereocenters. The zero-order valence-electron chi connectivity index (χ0n) is 18.1. The number of aliphatic hydroxyl groups excluding tert-OH is 1. The molecule has 1 atom stereocenters. The van der Waals surface area contributed by atoms with Crippen molar-refractivity contribution in [2.24, 2.45) is 5.41 Å². The van der Waals surface area contributed by atoms with Gasteiger partial charge in [0.25, 0.3) is 0 Å². The van der Waals surface area contributed by atoms with Crippen molar-refractivity contribution in [2.75, 3.05) is 37.6 Å². The second-order valence-corrected chi connectivity index (χ2v) is 9.25. The average Bonchev–Trinajstić information content (AvgIpc) is 3.18. The van der Waals surface area contributed by atoms with E-state index in [-0.39, 0.29) is 5.97 Å². The van der Waals surface area contributed by atoms with Gasteiger partial charge in [-0.05, 0) is 68.3 Å². The summed E-state index contributed by atoms with van der Waals surface area (Å²) in [6.07, 6.45) is 9.53. The number of fused-ring (bicyclic) bond motifs is 1. The van der Waals surface area contributed by atoms with Crippen molar-refractivity contribution in [3.8, 4) is 0 Å². The number of carbonyl (C=O) groups is 1. The van der Waals surface area contributed by atoms with E-state index in [1.54, 1.807) is 18.5 Å². The third-order valence-electron chi connectivity index (χ3n) is 7.61. The fourth-order valence-electron chi connectivity index (χ4n) is 5.45. The number of nitrogens with zero attached hydrogens (tertiary/aromatic N) is 4. The summed E-state index contributed by atoms with van der Waals surface area (Å²) in [6, 6.07) is 3.69. The van der Waals surface area contributed by atoms with Gasteiger partial charge in [0.2, 0.25) is 0 Å². The van der Waals surface area contributed by atoms with Crippen LogP contribution in [-0.2, 0) is 11.3 Å². The fourth-order valence-corrected chi connectivity index (χ4v) is 5.45. The Morgan fingerprint density at radius 1 is 1.13 bits per heavy atom. The van der Waals surface area contributed by atoms with Gasteiger partial charge in [-0.2, -0.15) is 0 Å². The van der Waals surface area contributed by atoms with E-state index >= 15 is 0 Å². The molecule has 0 radical (unpaired) electrons. The van der Waals surface area contributed by atoms with Gasteiger partial charge >= 0.3 is 5.97 Å². The highest BCUT2D eigenvalue weighted by molar-refractivity contribution is 5.93. The van der Waals surface area contributed by atoms with Crippen LogP contribution in [0.25, 0.3) is 0 Å². The third kappa shape index (κ3) is 3.92. The van der Waals surface area contributed by atoms with Crippen LogP contribution in [0.4, 0.5) is 5.82 Å². The van der Waals surface area contributed by atoms with Gasteiger partial charge in [-0.1, -0.05) is 6.07 Å². The van der Waals surface area contributed by atoms with Crippen LogP contribution >= 0.6 is 0 Å². The predicted molar refractivity (Wildman–Crippen MR) is 117 cm³/mol. The van der Waals surface area contributed by atoms with Crippen LogP contribution in [0.1, 0.15) is 58.8 Å². The average molecular weight is 423 g/mol. The molecule has 164 valence electrons. The second-order valence-electron chi connectivity index (χ2n) is 9.25. The number of cyclic esters (lactones) is 1. The molecular weight excluding hydrogens is 392 g/mol. The Kier molecular flexibility index (Phi) is 5.40. The fraction of sp³-hybridized carbons (Fsp3) is 0.542. The molecule has 1 aromatic carbocycles. The van der Waals surface area contributed by atoms with Crippen LogP contribution in [0, 0.1) is 12.3 Å². The van der Waals surface area contributed by atoms with E-state index in [0.717, 1.165) is 48.7 Å². The maximum absolute atomic E-state index is 11.8. The van der Waals surface area contributed by atoms with Crippen LogP contribution in [0.15, 0.2) is 30.7 Å². The molecule has 2 saturated heterocycles. The van der Waals surface area contributed by atoms with Gasteiger partial charge in [0.1, 0.15) is 12.4 Å². The normalized spacial score (nSPS) is 21.7. The number of ether oxygens (including phenoxy) is 1. The van der Waals surface area contributed by atoms with Gasteiger partial charge < -0.3 is 19.6 Å². The van der Waals surface area contributed by atoms with Gasteiger partial charge in [0, 0.05) is 37.6 Å². The lowest BCUT2D eigenvalue weighted by atomic mass is 9.71. The number of hydrogen-bond donors (Lipinski definition) is 1. The Balaban J connectivity index is 1.16. The summed E-state index contributed by atoms with van der Waals surface area (Å²) in [5, 5.41) is 10.9. The van der Waals surface area contributed by atoms with E-state index in [1.165, 1.54) is 25.7 Å². The Labute approximate surface area is 183 Å². The van der Waals surface area contributed by atoms with E-state index in [1.807, 2.05) is 19.2 Å². The first-order valence-electron chi connectivity index (χ1n) is 11.3. The summed E-state index contributed by atoms with van der Waals surface area (Å²) in [5.41, 5.74) is 3.88. The summed E-state index contributed by atoms with van der Waals surface area (Å²) in [5.74, 6) is 0.723. The second kappa shape index (κ2) is 8.20. The van der Waals surface area contributed by atoms with Crippen molar-refractivity contribution in [3.63, 3.8) is 0 Å². The molecule has 31 heavy (non-hydrogen) atoms. The van der Waals surface area contributed by atoms with Gasteiger partial charge in [0.05, 0.1) is 17.9 Å². The van der Waals surface area contributed by atoms with Crippen LogP contribution in [0.3, 0.4) is 0 Å². The maximum atomic E-state index is 11.8. The van der Waals surface area contributed by atoms with Gasteiger partial charge in [0.15, 0.2) is 0 Å². The predicted octanol–water partition coefficient (Wildman–Crippen LogP) is 2.87. The Hall–Kier alpha value is -2.51. The summed E-state index contributed by atoms with van der Waals surface area (Å²) in [6.45, 7) is 7.05. The van der Waals surface area contributed by atoms with Crippen molar-refractivity contribution in [1.29, 1.82) is 0 Å². The Bertz CT molecular complexity index is 947. The maximum Gasteiger partial charge on any atom is 0.338 e. The summed E-state index contributed by atoms with van der Waals surface area (Å²) in [4.78, 5) is 25.1. The number of β-amino-alcohol motifs (C(OH)–C–C–N with tert-alkyl or cyclic N) is 1. The molecule has 3 aliphatic rings. The number of carbonyl (C=O) groups excluding carboxylic acids is 1. The zero-order valence-corrected chi connectivity index (χ0v) is 18.1. The Morgan fingerprint density at radius 2 is 1.87 bits per heavy atom. The highest BCUT2D eigenvalue weighted by Gasteiger charge is 2.38. The van der Waals surface area contributed by atoms with Crippen LogP contribution in [-0.4, -0.2) is 58.7 Å². The van der Waals surface area contributed by atoms with Crippen molar-refractivity contribution >= 4 is 11.8 Å². The van der Waals surface area contributed by atoms with E-state index < -0.39 is 6.10 Å². The van der Waals surface area contributed by atoms with Gasteiger partial charge in [-0.15, -0.1) is 0 Å². The highest BCUT2D eigenvalue weighted by Crippen LogP contribution is 2.42. The molecule has 4 heterocycles. The van der Waals surface area contributed by atoms with E-state index in [2.05, 4.69) is 19.8 Å². The van der Waals surface area contributed by atoms with Gasteiger partial charge in [-0.25, -0.2) is 9.78 Å². The molecular formula is C24H30N4O3. The number of piperidine rings is 2. The van der Waals surface area contributed by atoms with Crippen molar-refractivity contribution in [3.05, 3.63) is 53.0 Å². The number of esters is 1. The first-order chi connectivity index (χ1) is 15.0. The van der Waals surface area contributed by atoms with Crippen LogP contribution in [0.2, 0.25) is 0 Å². The van der Waals surface area contributed by atoms with Gasteiger partial charge in [-0.3, -0.25) is 4.98 Å². The highest BCUT2D eigenvalue weighted by atomic mass is 16.5. The lowest BCUT2D eigenvalue weighted by molar-refractivity contribution is 0.0447. The largest absolute Gasteiger partial charge is 0.457 e. The standard InChI is InChI=1S/C24H30N4O3/c1-17-18(2-3-19-20(17)16-31-23(19)30)21(29)15-27-10-4-24(5-11-27)6-12-28(13-7-24)22-14-25-8-9-26-22/h2-3,8-9,14,21,29H,4-7,10-13,15-16H2,1H3/t21-/m0/s1. The van der Waals surface area contributed by atoms with Crippen molar-refractivity contribution < 1.29 is 14.6 Å². The number of likely N-dealkylation sites (tertiary alicyclic amines) is 1. The summed E-state index contributed by atoms with van der Waals surface area (Å²) < 4.78 is 5.15. The summed E-state index contributed by atoms with van der Waals surface area (Å²) in [7, 11) is 0. The zero-order chi connectivity index (χ0) is 21.4. The summed E-state index contributed by atoms with van der Waals surface area (Å²) >= 11 is 0. The number of benzene rings is 1. The molecule has 0 amide bonds. The van der Waals surface area contributed by atoms with Crippen LogP contribution in [0.5, 0.6) is 0 Å². The molecule has 1 N–H and O–H groups in total. The first kappa shape index (κ1) is 20.4. The molecule has 0 bridgehead atoms. The molecule has 2 fully saturated rings. The minimum Gasteiger partial charge on any atom is -0.457 e. The van der Waals surface area contributed by atoms with Crippen LogP contribution < -0.4 is 4.90 Å². The molecule has 3 aliphatic heterocycles. The lowest BCUT2D eigenvalue weighted by Gasteiger charge is -2.47. The quantitative estimate of drug-likeness (QED) is 0.759. The number of aliphatic hydroxyl groups is 1. The van der Waals surface area contributed by atoms with Crippen molar-refractivity contribution in [2.45, 2.75) is 45.3 Å². The lowest BCUT2D eigenvalue weighted by Crippen LogP contribution is -2.47. The van der Waals surface area contributed by atoms with E-state index in [0.29, 0.717) is 24.1 Å². The molecule has 2 aromatic rings. The number of rotatable bonds is 4.